The average Bonchev–Trinajstić information content (AvgIpc) is 2.92. The predicted octanol–water partition coefficient (Wildman–Crippen LogP) is 3.74. The van der Waals surface area contributed by atoms with Gasteiger partial charge < -0.3 is 0 Å². The number of ketones is 1. The zero-order valence-electron chi connectivity index (χ0n) is 10.5. The van der Waals surface area contributed by atoms with Gasteiger partial charge >= 0.3 is 0 Å². The normalized spacial score (nSPS) is 48.4. The molecule has 0 amide bonds. The summed E-state index contributed by atoms with van der Waals surface area (Å²) in [6, 6.07) is 0. The summed E-state index contributed by atoms with van der Waals surface area (Å²) in [6.45, 7) is 0. The molecule has 4 rings (SSSR count). The molecule has 17 heavy (non-hydrogen) atoms. The fraction of sp³-hybridized carbons (Fsp3) is 0.812. The maximum Gasteiger partial charge on any atom is 0.137 e. The molecule has 0 radical (unpaired) electrons. The van der Waals surface area contributed by atoms with E-state index in [0.717, 1.165) is 36.5 Å². The number of carbonyl (C=O) groups excluding carboxylic acids is 1. The van der Waals surface area contributed by atoms with Crippen molar-refractivity contribution in [3.8, 4) is 0 Å². The molecule has 4 aliphatic rings. The molecule has 3 fully saturated rings. The maximum atomic E-state index is 11.7. The van der Waals surface area contributed by atoms with Gasteiger partial charge in [-0.2, -0.15) is 0 Å². The molecule has 1 heteroatoms. The standard InChI is InChI=1S/C16H22O/c17-12-8-11-5-7-14-13-3-1-2-10(13)4-6-15(14)16(11)9-12/h5,10,13-16H,1-4,6-9H2. The molecule has 5 unspecified atom stereocenters. The summed E-state index contributed by atoms with van der Waals surface area (Å²) in [6.07, 6.45) is 12.8. The Morgan fingerprint density at radius 1 is 1.00 bits per heavy atom. The predicted molar refractivity (Wildman–Crippen MR) is 67.5 cm³/mol. The molecule has 0 heterocycles. The molecule has 4 aliphatic carbocycles. The minimum absolute atomic E-state index is 0.510. The molecule has 3 saturated carbocycles. The Bertz CT molecular complexity index is 381. The molecule has 92 valence electrons. The van der Waals surface area contributed by atoms with Crippen LogP contribution in [0.3, 0.4) is 0 Å². The van der Waals surface area contributed by atoms with Gasteiger partial charge in [-0.25, -0.2) is 0 Å². The number of hydrogen-bond acceptors (Lipinski definition) is 1. The minimum atomic E-state index is 0.510. The van der Waals surface area contributed by atoms with Crippen LogP contribution in [0.1, 0.15) is 51.4 Å². The van der Waals surface area contributed by atoms with Crippen molar-refractivity contribution in [2.24, 2.45) is 29.6 Å². The highest BCUT2D eigenvalue weighted by atomic mass is 16.1. The van der Waals surface area contributed by atoms with Crippen LogP contribution < -0.4 is 0 Å². The maximum absolute atomic E-state index is 11.7. The van der Waals surface area contributed by atoms with E-state index in [-0.39, 0.29) is 0 Å². The summed E-state index contributed by atoms with van der Waals surface area (Å²) >= 11 is 0. The van der Waals surface area contributed by atoms with Crippen molar-refractivity contribution in [3.05, 3.63) is 11.6 Å². The molecule has 0 N–H and O–H groups in total. The van der Waals surface area contributed by atoms with Crippen molar-refractivity contribution < 1.29 is 4.79 Å². The third kappa shape index (κ3) is 1.47. The van der Waals surface area contributed by atoms with E-state index in [9.17, 15) is 4.79 Å². The molecule has 0 saturated heterocycles. The summed E-state index contributed by atoms with van der Waals surface area (Å²) in [4.78, 5) is 11.7. The minimum Gasteiger partial charge on any atom is -0.299 e. The molecule has 0 bridgehead atoms. The second-order valence-electron chi connectivity index (χ2n) is 6.80. The van der Waals surface area contributed by atoms with Crippen molar-refractivity contribution in [2.45, 2.75) is 51.4 Å². The van der Waals surface area contributed by atoms with Gasteiger partial charge in [0.2, 0.25) is 0 Å². The van der Waals surface area contributed by atoms with Gasteiger partial charge in [0.05, 0.1) is 0 Å². The SMILES string of the molecule is O=C1CC2=CCC3C4CCCC4CCC3C2C1. The largest absolute Gasteiger partial charge is 0.299 e. The third-order valence-corrected chi connectivity index (χ3v) is 6.18. The topological polar surface area (TPSA) is 17.1 Å². The Balaban J connectivity index is 1.64. The van der Waals surface area contributed by atoms with Crippen molar-refractivity contribution in [1.82, 2.24) is 0 Å². The number of Topliss-reactive ketones (excluding diaryl/α,β-unsaturated/α-hetero) is 1. The fourth-order valence-corrected chi connectivity index (χ4v) is 5.52. The number of allylic oxidation sites excluding steroid dienone is 2. The zero-order valence-corrected chi connectivity index (χ0v) is 10.5. The molecular formula is C16H22O. The molecule has 5 atom stereocenters. The van der Waals surface area contributed by atoms with Crippen molar-refractivity contribution >= 4 is 5.78 Å². The van der Waals surface area contributed by atoms with Crippen LogP contribution in [-0.4, -0.2) is 5.78 Å². The van der Waals surface area contributed by atoms with Gasteiger partial charge in [-0.3, -0.25) is 4.79 Å². The van der Waals surface area contributed by atoms with E-state index in [1.807, 2.05) is 0 Å². The van der Waals surface area contributed by atoms with Gasteiger partial charge in [0.15, 0.2) is 0 Å². The lowest BCUT2D eigenvalue weighted by Crippen LogP contribution is -2.37. The summed E-state index contributed by atoms with van der Waals surface area (Å²) in [7, 11) is 0. The number of hydrogen-bond donors (Lipinski definition) is 0. The van der Waals surface area contributed by atoms with Gasteiger partial charge in [-0.15, -0.1) is 0 Å². The lowest BCUT2D eigenvalue weighted by atomic mass is 9.60. The monoisotopic (exact) mass is 230 g/mol. The van der Waals surface area contributed by atoms with E-state index in [4.69, 9.17) is 0 Å². The molecule has 0 spiro atoms. The molecule has 0 aromatic carbocycles. The highest BCUT2D eigenvalue weighted by Gasteiger charge is 2.47. The van der Waals surface area contributed by atoms with E-state index in [0.29, 0.717) is 11.7 Å². The summed E-state index contributed by atoms with van der Waals surface area (Å²) in [5, 5.41) is 0. The Kier molecular flexibility index (Phi) is 2.25. The van der Waals surface area contributed by atoms with Gasteiger partial charge in [0.1, 0.15) is 5.78 Å². The van der Waals surface area contributed by atoms with Crippen LogP contribution in [0.2, 0.25) is 0 Å². The number of rotatable bonds is 0. The van der Waals surface area contributed by atoms with Crippen LogP contribution in [0, 0.1) is 29.6 Å². The van der Waals surface area contributed by atoms with Crippen LogP contribution in [0.15, 0.2) is 11.6 Å². The average molecular weight is 230 g/mol. The Labute approximate surface area is 104 Å². The first kappa shape index (κ1) is 10.3. The zero-order chi connectivity index (χ0) is 11.4. The quantitative estimate of drug-likeness (QED) is 0.579. The second-order valence-corrected chi connectivity index (χ2v) is 6.80. The summed E-state index contributed by atoms with van der Waals surface area (Å²) in [5.74, 6) is 5.06. The van der Waals surface area contributed by atoms with E-state index >= 15 is 0 Å². The summed E-state index contributed by atoms with van der Waals surface area (Å²) in [5.41, 5.74) is 1.52. The molecule has 0 aliphatic heterocycles. The molecule has 1 nitrogen and oxygen atoms in total. The van der Waals surface area contributed by atoms with Crippen molar-refractivity contribution in [2.75, 3.05) is 0 Å². The fourth-order valence-electron chi connectivity index (χ4n) is 5.52. The van der Waals surface area contributed by atoms with Gasteiger partial charge in [0, 0.05) is 12.8 Å². The first-order valence-electron chi connectivity index (χ1n) is 7.53. The van der Waals surface area contributed by atoms with E-state index in [1.54, 1.807) is 0 Å². The van der Waals surface area contributed by atoms with E-state index in [1.165, 1.54) is 44.1 Å². The molecular weight excluding hydrogens is 208 g/mol. The Morgan fingerprint density at radius 3 is 2.88 bits per heavy atom. The first-order valence-corrected chi connectivity index (χ1v) is 7.53. The van der Waals surface area contributed by atoms with Crippen LogP contribution in [0.4, 0.5) is 0 Å². The van der Waals surface area contributed by atoms with Crippen LogP contribution in [-0.2, 0) is 4.79 Å². The summed E-state index contributed by atoms with van der Waals surface area (Å²) < 4.78 is 0. The van der Waals surface area contributed by atoms with Gasteiger partial charge in [-0.05, 0) is 55.3 Å². The Morgan fingerprint density at radius 2 is 1.94 bits per heavy atom. The smallest absolute Gasteiger partial charge is 0.137 e. The second kappa shape index (κ2) is 3.70. The van der Waals surface area contributed by atoms with Gasteiger partial charge in [0.25, 0.3) is 0 Å². The van der Waals surface area contributed by atoms with E-state index < -0.39 is 0 Å². The third-order valence-electron chi connectivity index (χ3n) is 6.18. The highest BCUT2D eigenvalue weighted by molar-refractivity contribution is 5.85. The molecule has 0 aromatic rings. The number of carbonyl (C=O) groups is 1. The lowest BCUT2D eigenvalue weighted by molar-refractivity contribution is -0.117. The molecule has 0 aromatic heterocycles. The van der Waals surface area contributed by atoms with E-state index in [2.05, 4.69) is 6.08 Å². The van der Waals surface area contributed by atoms with Crippen LogP contribution >= 0.6 is 0 Å². The van der Waals surface area contributed by atoms with Crippen LogP contribution in [0.25, 0.3) is 0 Å². The Hall–Kier alpha value is -0.590. The lowest BCUT2D eigenvalue weighted by Gasteiger charge is -2.45. The number of fused-ring (bicyclic) bond motifs is 5. The van der Waals surface area contributed by atoms with Crippen molar-refractivity contribution in [1.29, 1.82) is 0 Å². The first-order chi connectivity index (χ1) is 8.33. The van der Waals surface area contributed by atoms with Gasteiger partial charge in [-0.1, -0.05) is 24.5 Å². The van der Waals surface area contributed by atoms with Crippen LogP contribution in [0.5, 0.6) is 0 Å². The highest BCUT2D eigenvalue weighted by Crippen LogP contribution is 2.56. The van der Waals surface area contributed by atoms with Crippen molar-refractivity contribution in [3.63, 3.8) is 0 Å².